The Morgan fingerprint density at radius 1 is 1.45 bits per heavy atom. The molecule has 0 aliphatic rings. The van der Waals surface area contributed by atoms with Crippen LogP contribution in [-0.4, -0.2) is 18.9 Å². The third kappa shape index (κ3) is 2.08. The smallest absolute Gasteiger partial charge is 0.335 e. The third-order valence-corrected chi connectivity index (χ3v) is 1.62. The number of hydrogen-bond acceptors (Lipinski definition) is 1. The van der Waals surface area contributed by atoms with Crippen LogP contribution in [0.25, 0.3) is 0 Å². The second kappa shape index (κ2) is 3.09. The summed E-state index contributed by atoms with van der Waals surface area (Å²) in [4.78, 5) is 10.4. The maximum atomic E-state index is 10.4. The van der Waals surface area contributed by atoms with Crippen molar-refractivity contribution >= 4 is 35.2 Å². The number of carbonyl (C=O) groups is 1. The van der Waals surface area contributed by atoms with Crippen LogP contribution in [0.2, 0.25) is 0 Å². The Hall–Kier alpha value is -0.765. The first kappa shape index (κ1) is 8.33. The third-order valence-electron chi connectivity index (χ3n) is 1.17. The Bertz CT molecular complexity index is 278. The molecule has 2 nitrogen and oxygen atoms in total. The molecule has 1 N–H and O–H groups in total. The molecule has 0 fully saturated rings. The van der Waals surface area contributed by atoms with Gasteiger partial charge >= 0.3 is 5.97 Å². The van der Waals surface area contributed by atoms with Crippen LogP contribution in [0.15, 0.2) is 22.7 Å². The van der Waals surface area contributed by atoms with Gasteiger partial charge in [0.15, 0.2) is 0 Å². The second-order valence-corrected chi connectivity index (χ2v) is 2.99. The van der Waals surface area contributed by atoms with Gasteiger partial charge in [0.1, 0.15) is 7.85 Å². The fourth-order valence-corrected chi connectivity index (χ4v) is 1.25. The van der Waals surface area contributed by atoms with Crippen LogP contribution in [0.1, 0.15) is 10.4 Å². The summed E-state index contributed by atoms with van der Waals surface area (Å²) in [5, 5.41) is 8.56. The van der Waals surface area contributed by atoms with E-state index in [0.29, 0.717) is 9.94 Å². The van der Waals surface area contributed by atoms with Crippen molar-refractivity contribution in [1.29, 1.82) is 0 Å². The molecule has 0 heterocycles. The molecule has 0 aliphatic heterocycles. The summed E-state index contributed by atoms with van der Waals surface area (Å²) in [6, 6.07) is 4.55. The van der Waals surface area contributed by atoms with Crippen molar-refractivity contribution < 1.29 is 9.90 Å². The number of rotatable bonds is 1. The number of carboxylic acids is 1. The normalized spacial score (nSPS) is 9.55. The minimum atomic E-state index is -0.974. The molecule has 0 amide bonds. The maximum absolute atomic E-state index is 10.4. The van der Waals surface area contributed by atoms with Gasteiger partial charge in [-0.2, -0.15) is 0 Å². The monoisotopic (exact) mass is 210 g/mol. The van der Waals surface area contributed by atoms with Crippen LogP contribution in [0.5, 0.6) is 0 Å². The molecular formula is C7H4BBrO2. The first-order chi connectivity index (χ1) is 5.09. The average molecular weight is 211 g/mol. The van der Waals surface area contributed by atoms with Gasteiger partial charge in [0.25, 0.3) is 0 Å². The standard InChI is InChI=1S/C7H4BBrO2/c8-5-1-4(7(10)11)2-6(9)3-5/h1-3H,(H,10,11). The summed E-state index contributed by atoms with van der Waals surface area (Å²) < 4.78 is 0.676. The highest BCUT2D eigenvalue weighted by atomic mass is 79.9. The summed E-state index contributed by atoms with van der Waals surface area (Å²) in [5.74, 6) is -0.974. The molecule has 54 valence electrons. The largest absolute Gasteiger partial charge is 0.478 e. The Labute approximate surface area is 73.8 Å². The van der Waals surface area contributed by atoms with Crippen LogP contribution >= 0.6 is 15.9 Å². The van der Waals surface area contributed by atoms with E-state index in [1.807, 2.05) is 0 Å². The highest BCUT2D eigenvalue weighted by Crippen LogP contribution is 2.09. The van der Waals surface area contributed by atoms with Gasteiger partial charge in [0.2, 0.25) is 0 Å². The first-order valence-corrected chi connectivity index (χ1v) is 3.68. The quantitative estimate of drug-likeness (QED) is 0.701. The zero-order valence-electron chi connectivity index (χ0n) is 5.54. The summed E-state index contributed by atoms with van der Waals surface area (Å²) in [5.41, 5.74) is 0.633. The molecule has 0 saturated heterocycles. The SMILES string of the molecule is [B]c1cc(Br)cc(C(=O)O)c1. The van der Waals surface area contributed by atoms with E-state index in [1.165, 1.54) is 12.1 Å². The summed E-state index contributed by atoms with van der Waals surface area (Å²) in [7, 11) is 5.40. The highest BCUT2D eigenvalue weighted by Gasteiger charge is 2.02. The average Bonchev–Trinajstić information content (AvgIpc) is 1.85. The Morgan fingerprint density at radius 3 is 2.55 bits per heavy atom. The van der Waals surface area contributed by atoms with Crippen LogP contribution in [-0.2, 0) is 0 Å². The van der Waals surface area contributed by atoms with Crippen molar-refractivity contribution in [2.24, 2.45) is 0 Å². The molecule has 1 rings (SSSR count). The van der Waals surface area contributed by atoms with Crippen molar-refractivity contribution in [3.05, 3.63) is 28.2 Å². The molecule has 0 unspecified atom stereocenters. The molecule has 0 aromatic heterocycles. The van der Waals surface area contributed by atoms with Crippen LogP contribution < -0.4 is 5.46 Å². The topological polar surface area (TPSA) is 37.3 Å². The van der Waals surface area contributed by atoms with Crippen LogP contribution in [0, 0.1) is 0 Å². The number of benzene rings is 1. The van der Waals surface area contributed by atoms with E-state index in [1.54, 1.807) is 6.07 Å². The van der Waals surface area contributed by atoms with Gasteiger partial charge in [-0.3, -0.25) is 0 Å². The van der Waals surface area contributed by atoms with Crippen molar-refractivity contribution in [3.63, 3.8) is 0 Å². The minimum Gasteiger partial charge on any atom is -0.478 e. The van der Waals surface area contributed by atoms with Gasteiger partial charge in [-0.05, 0) is 6.07 Å². The Morgan fingerprint density at radius 2 is 2.09 bits per heavy atom. The van der Waals surface area contributed by atoms with Crippen molar-refractivity contribution in [2.75, 3.05) is 0 Å². The van der Waals surface area contributed by atoms with E-state index < -0.39 is 5.97 Å². The van der Waals surface area contributed by atoms with Gasteiger partial charge in [-0.25, -0.2) is 4.79 Å². The maximum Gasteiger partial charge on any atom is 0.335 e. The first-order valence-electron chi connectivity index (χ1n) is 2.89. The Kier molecular flexibility index (Phi) is 2.34. The summed E-state index contributed by atoms with van der Waals surface area (Å²) >= 11 is 3.14. The van der Waals surface area contributed by atoms with E-state index in [0.717, 1.165) is 0 Å². The predicted molar refractivity (Wildman–Crippen MR) is 46.5 cm³/mol. The lowest BCUT2D eigenvalue weighted by atomic mass is 9.94. The van der Waals surface area contributed by atoms with Crippen molar-refractivity contribution in [3.8, 4) is 0 Å². The molecule has 1 aromatic rings. The predicted octanol–water partition coefficient (Wildman–Crippen LogP) is 0.941. The van der Waals surface area contributed by atoms with Gasteiger partial charge < -0.3 is 5.11 Å². The molecule has 11 heavy (non-hydrogen) atoms. The van der Waals surface area contributed by atoms with Crippen molar-refractivity contribution in [2.45, 2.75) is 0 Å². The minimum absolute atomic E-state index is 0.192. The molecule has 0 saturated carbocycles. The van der Waals surface area contributed by atoms with Crippen LogP contribution in [0.3, 0.4) is 0 Å². The van der Waals surface area contributed by atoms with E-state index >= 15 is 0 Å². The number of hydrogen-bond donors (Lipinski definition) is 1. The molecule has 0 bridgehead atoms. The van der Waals surface area contributed by atoms with E-state index in [4.69, 9.17) is 13.0 Å². The summed E-state index contributed by atoms with van der Waals surface area (Å²) in [6.45, 7) is 0. The molecule has 1 aromatic carbocycles. The fourth-order valence-electron chi connectivity index (χ4n) is 0.736. The van der Waals surface area contributed by atoms with E-state index in [-0.39, 0.29) is 5.56 Å². The molecule has 0 aliphatic carbocycles. The van der Waals surface area contributed by atoms with Crippen LogP contribution in [0.4, 0.5) is 0 Å². The lowest BCUT2D eigenvalue weighted by molar-refractivity contribution is 0.0697. The van der Waals surface area contributed by atoms with Gasteiger partial charge in [-0.1, -0.05) is 33.5 Å². The number of aromatic carboxylic acids is 1. The second-order valence-electron chi connectivity index (χ2n) is 2.08. The number of carboxylic acid groups (broad SMARTS) is 1. The zero-order chi connectivity index (χ0) is 8.43. The lowest BCUT2D eigenvalue weighted by Gasteiger charge is -1.97. The van der Waals surface area contributed by atoms with E-state index in [2.05, 4.69) is 15.9 Å². The zero-order valence-corrected chi connectivity index (χ0v) is 7.13. The number of halogens is 1. The van der Waals surface area contributed by atoms with Gasteiger partial charge in [-0.15, -0.1) is 0 Å². The molecule has 0 atom stereocenters. The molecule has 4 heteroatoms. The fraction of sp³-hybridized carbons (Fsp3) is 0. The molecule has 0 spiro atoms. The van der Waals surface area contributed by atoms with E-state index in [9.17, 15) is 4.79 Å². The van der Waals surface area contributed by atoms with Gasteiger partial charge in [0.05, 0.1) is 5.56 Å². The van der Waals surface area contributed by atoms with Crippen molar-refractivity contribution in [1.82, 2.24) is 0 Å². The van der Waals surface area contributed by atoms with Gasteiger partial charge in [0, 0.05) is 4.47 Å². The molecular weight excluding hydrogens is 207 g/mol. The lowest BCUT2D eigenvalue weighted by Crippen LogP contribution is -2.06. The highest BCUT2D eigenvalue weighted by molar-refractivity contribution is 9.10. The molecule has 2 radical (unpaired) electrons. The Balaban J connectivity index is 3.19. The summed E-state index contributed by atoms with van der Waals surface area (Å²) in [6.07, 6.45) is 0.